The SMILES string of the molecule is CCOC(CNC1CCOc2c(Cl)cc(Cl)cc21)OCC. The van der Waals surface area contributed by atoms with Gasteiger partial charge in [-0.1, -0.05) is 23.2 Å². The van der Waals surface area contributed by atoms with E-state index in [-0.39, 0.29) is 12.3 Å². The topological polar surface area (TPSA) is 39.7 Å². The summed E-state index contributed by atoms with van der Waals surface area (Å²) in [6, 6.07) is 3.73. The van der Waals surface area contributed by atoms with Crippen LogP contribution in [0, 0.1) is 0 Å². The summed E-state index contributed by atoms with van der Waals surface area (Å²) in [7, 11) is 0. The molecule has 1 unspecified atom stereocenters. The van der Waals surface area contributed by atoms with Crippen LogP contribution in [0.3, 0.4) is 0 Å². The molecule has 118 valence electrons. The molecule has 1 aromatic rings. The molecule has 4 nitrogen and oxygen atoms in total. The van der Waals surface area contributed by atoms with Crippen molar-refractivity contribution < 1.29 is 14.2 Å². The number of hydrogen-bond acceptors (Lipinski definition) is 4. The van der Waals surface area contributed by atoms with E-state index in [1.165, 1.54) is 0 Å². The number of fused-ring (bicyclic) bond motifs is 1. The number of ether oxygens (including phenoxy) is 3. The number of hydrogen-bond donors (Lipinski definition) is 1. The summed E-state index contributed by atoms with van der Waals surface area (Å²) in [6.45, 7) is 6.38. The van der Waals surface area contributed by atoms with E-state index >= 15 is 0 Å². The fraction of sp³-hybridized carbons (Fsp3) is 0.600. The lowest BCUT2D eigenvalue weighted by atomic mass is 10.0. The quantitative estimate of drug-likeness (QED) is 0.770. The molecule has 1 N–H and O–H groups in total. The number of rotatable bonds is 7. The van der Waals surface area contributed by atoms with Crippen molar-refractivity contribution in [3.05, 3.63) is 27.7 Å². The van der Waals surface area contributed by atoms with Crippen LogP contribution < -0.4 is 10.1 Å². The second-order valence-electron chi connectivity index (χ2n) is 4.74. The lowest BCUT2D eigenvalue weighted by molar-refractivity contribution is -0.134. The van der Waals surface area contributed by atoms with Crippen LogP contribution in [0.25, 0.3) is 0 Å². The fourth-order valence-electron chi connectivity index (χ4n) is 2.41. The summed E-state index contributed by atoms with van der Waals surface area (Å²) >= 11 is 12.3. The Labute approximate surface area is 135 Å². The molecule has 0 radical (unpaired) electrons. The van der Waals surface area contributed by atoms with Gasteiger partial charge >= 0.3 is 0 Å². The van der Waals surface area contributed by atoms with E-state index < -0.39 is 0 Å². The first-order valence-corrected chi connectivity index (χ1v) is 7.99. The molecular weight excluding hydrogens is 313 g/mol. The second kappa shape index (κ2) is 8.20. The van der Waals surface area contributed by atoms with Gasteiger partial charge in [-0.3, -0.25) is 0 Å². The maximum absolute atomic E-state index is 6.19. The summed E-state index contributed by atoms with van der Waals surface area (Å²) < 4.78 is 16.7. The average molecular weight is 334 g/mol. The van der Waals surface area contributed by atoms with Crippen molar-refractivity contribution in [2.24, 2.45) is 0 Å². The van der Waals surface area contributed by atoms with Crippen LogP contribution >= 0.6 is 23.2 Å². The molecule has 1 aromatic carbocycles. The van der Waals surface area contributed by atoms with E-state index in [0.29, 0.717) is 42.2 Å². The molecular formula is C15H21Cl2NO3. The Hall–Kier alpha value is -0.520. The lowest BCUT2D eigenvalue weighted by Gasteiger charge is -2.29. The highest BCUT2D eigenvalue weighted by molar-refractivity contribution is 6.35. The molecule has 6 heteroatoms. The smallest absolute Gasteiger partial charge is 0.169 e. The van der Waals surface area contributed by atoms with E-state index in [1.54, 1.807) is 6.07 Å². The first-order chi connectivity index (χ1) is 10.2. The number of benzene rings is 1. The standard InChI is InChI=1S/C15H21Cl2NO3/c1-3-19-14(20-4-2)9-18-13-5-6-21-15-11(13)7-10(16)8-12(15)17/h7-8,13-14,18H,3-6,9H2,1-2H3. The minimum absolute atomic E-state index is 0.133. The van der Waals surface area contributed by atoms with Crippen molar-refractivity contribution in [3.63, 3.8) is 0 Å². The first-order valence-electron chi connectivity index (χ1n) is 7.24. The minimum atomic E-state index is -0.249. The Morgan fingerprint density at radius 2 is 2.00 bits per heavy atom. The molecule has 1 heterocycles. The van der Waals surface area contributed by atoms with Crippen molar-refractivity contribution in [2.75, 3.05) is 26.4 Å². The van der Waals surface area contributed by atoms with Gasteiger partial charge in [0.05, 0.1) is 11.6 Å². The van der Waals surface area contributed by atoms with Gasteiger partial charge < -0.3 is 19.5 Å². The molecule has 21 heavy (non-hydrogen) atoms. The van der Waals surface area contributed by atoms with Crippen LogP contribution in [0.2, 0.25) is 10.0 Å². The monoisotopic (exact) mass is 333 g/mol. The molecule has 1 aliphatic heterocycles. The Kier molecular flexibility index (Phi) is 6.58. The third-order valence-electron chi connectivity index (χ3n) is 3.30. The van der Waals surface area contributed by atoms with E-state index in [4.69, 9.17) is 37.4 Å². The van der Waals surface area contributed by atoms with E-state index in [9.17, 15) is 0 Å². The molecule has 0 fully saturated rings. The van der Waals surface area contributed by atoms with Crippen LogP contribution in [-0.2, 0) is 9.47 Å². The highest BCUT2D eigenvalue weighted by atomic mass is 35.5. The highest BCUT2D eigenvalue weighted by Crippen LogP contribution is 2.39. The molecule has 0 saturated heterocycles. The molecule has 1 aliphatic rings. The predicted molar refractivity (Wildman–Crippen MR) is 84.4 cm³/mol. The van der Waals surface area contributed by atoms with Gasteiger partial charge in [0.1, 0.15) is 5.75 Å². The van der Waals surface area contributed by atoms with Crippen LogP contribution in [0.5, 0.6) is 5.75 Å². The van der Waals surface area contributed by atoms with Gasteiger partial charge in [-0.05, 0) is 26.0 Å². The lowest BCUT2D eigenvalue weighted by Crippen LogP contribution is -2.36. The Morgan fingerprint density at radius 3 is 2.67 bits per heavy atom. The van der Waals surface area contributed by atoms with Crippen LogP contribution in [0.15, 0.2) is 12.1 Å². The van der Waals surface area contributed by atoms with Crippen LogP contribution in [0.4, 0.5) is 0 Å². The van der Waals surface area contributed by atoms with Gasteiger partial charge in [0.2, 0.25) is 0 Å². The maximum Gasteiger partial charge on any atom is 0.169 e. The zero-order valence-corrected chi connectivity index (χ0v) is 13.8. The van der Waals surface area contributed by atoms with Crippen molar-refractivity contribution in [3.8, 4) is 5.75 Å². The van der Waals surface area contributed by atoms with E-state index in [2.05, 4.69) is 5.32 Å². The molecule has 0 saturated carbocycles. The van der Waals surface area contributed by atoms with Gasteiger partial charge in [0.15, 0.2) is 6.29 Å². The van der Waals surface area contributed by atoms with Gasteiger partial charge in [0, 0.05) is 42.8 Å². The fourth-order valence-corrected chi connectivity index (χ4v) is 2.98. The average Bonchev–Trinajstić information content (AvgIpc) is 2.45. The summed E-state index contributed by atoms with van der Waals surface area (Å²) in [5, 5.41) is 4.62. The highest BCUT2D eigenvalue weighted by Gasteiger charge is 2.25. The minimum Gasteiger partial charge on any atom is -0.492 e. The number of halogens is 2. The van der Waals surface area contributed by atoms with Gasteiger partial charge in [-0.15, -0.1) is 0 Å². The second-order valence-corrected chi connectivity index (χ2v) is 5.59. The number of nitrogens with one attached hydrogen (secondary N) is 1. The molecule has 0 bridgehead atoms. The summed E-state index contributed by atoms with van der Waals surface area (Å²) in [4.78, 5) is 0. The van der Waals surface area contributed by atoms with Gasteiger partial charge in [-0.25, -0.2) is 0 Å². The Bertz CT molecular complexity index is 464. The summed E-state index contributed by atoms with van der Waals surface area (Å²) in [5.74, 6) is 0.717. The van der Waals surface area contributed by atoms with Crippen LogP contribution in [-0.4, -0.2) is 32.7 Å². The predicted octanol–water partition coefficient (Wildman–Crippen LogP) is 3.81. The van der Waals surface area contributed by atoms with Gasteiger partial charge in [-0.2, -0.15) is 0 Å². The third kappa shape index (κ3) is 4.47. The zero-order valence-electron chi connectivity index (χ0n) is 12.3. The summed E-state index contributed by atoms with van der Waals surface area (Å²) in [6.07, 6.45) is 0.607. The molecule has 0 spiro atoms. The van der Waals surface area contributed by atoms with Crippen molar-refractivity contribution in [2.45, 2.75) is 32.6 Å². The molecule has 0 aromatic heterocycles. The van der Waals surface area contributed by atoms with Crippen LogP contribution in [0.1, 0.15) is 31.9 Å². The molecule has 0 amide bonds. The largest absolute Gasteiger partial charge is 0.492 e. The molecule has 2 rings (SSSR count). The maximum atomic E-state index is 6.19. The zero-order chi connectivity index (χ0) is 15.2. The first kappa shape index (κ1) is 16.8. The van der Waals surface area contributed by atoms with Crippen molar-refractivity contribution in [1.82, 2.24) is 5.32 Å². The van der Waals surface area contributed by atoms with Gasteiger partial charge in [0.25, 0.3) is 0 Å². The van der Waals surface area contributed by atoms with Crippen molar-refractivity contribution >= 4 is 23.2 Å². The Balaban J connectivity index is 2.06. The summed E-state index contributed by atoms with van der Waals surface area (Å²) in [5.41, 5.74) is 0.991. The van der Waals surface area contributed by atoms with E-state index in [1.807, 2.05) is 19.9 Å². The third-order valence-corrected chi connectivity index (χ3v) is 3.80. The van der Waals surface area contributed by atoms with E-state index in [0.717, 1.165) is 12.0 Å². The van der Waals surface area contributed by atoms with Crippen molar-refractivity contribution in [1.29, 1.82) is 0 Å². The Morgan fingerprint density at radius 1 is 1.29 bits per heavy atom. The molecule has 1 atom stereocenters. The normalized spacial score (nSPS) is 17.7. The molecule has 0 aliphatic carbocycles.